The van der Waals surface area contributed by atoms with Crippen molar-refractivity contribution in [2.24, 2.45) is 0 Å². The summed E-state index contributed by atoms with van der Waals surface area (Å²) in [5.41, 5.74) is 3.92. The molecule has 0 bridgehead atoms. The van der Waals surface area contributed by atoms with Gasteiger partial charge in [-0.05, 0) is 43.5 Å². The first-order chi connectivity index (χ1) is 13.2. The van der Waals surface area contributed by atoms with E-state index in [2.05, 4.69) is 5.32 Å². The number of nitrogens with zero attached hydrogens (tertiary/aromatic N) is 2. The molecule has 140 valence electrons. The summed E-state index contributed by atoms with van der Waals surface area (Å²) < 4.78 is 12.9. The Labute approximate surface area is 163 Å². The largest absolute Gasteiger partial charge is 0.497 e. The smallest absolute Gasteiger partial charge is 0.133 e. The van der Waals surface area contributed by atoms with Gasteiger partial charge in [-0.2, -0.15) is 5.10 Å². The van der Waals surface area contributed by atoms with E-state index in [1.165, 1.54) is 5.56 Å². The summed E-state index contributed by atoms with van der Waals surface area (Å²) in [6.45, 7) is 0.919. The molecule has 0 amide bonds. The number of rotatable bonds is 4. The summed E-state index contributed by atoms with van der Waals surface area (Å²) in [6.07, 6.45) is 3.19. The number of nitrogens with one attached hydrogen (secondary N) is 1. The number of para-hydroxylation sites is 1. The Morgan fingerprint density at radius 3 is 2.70 bits per heavy atom. The Balaban J connectivity index is 1.93. The molecule has 1 aliphatic rings. The highest BCUT2D eigenvalue weighted by molar-refractivity contribution is 6.32. The van der Waals surface area contributed by atoms with Crippen LogP contribution in [0.5, 0.6) is 11.5 Å². The van der Waals surface area contributed by atoms with Gasteiger partial charge in [0.1, 0.15) is 23.0 Å². The SMILES string of the molecule is COc1ccc(-c2nn(-c3ccccc3Cl)c3c2CCCCN3)c(OC)c1. The van der Waals surface area contributed by atoms with Gasteiger partial charge in [0, 0.05) is 23.7 Å². The fourth-order valence-corrected chi connectivity index (χ4v) is 3.73. The molecule has 0 fully saturated rings. The van der Waals surface area contributed by atoms with Crippen molar-refractivity contribution in [1.29, 1.82) is 0 Å². The van der Waals surface area contributed by atoms with Crippen molar-refractivity contribution in [3.05, 3.63) is 53.1 Å². The predicted octanol–water partition coefficient (Wildman–Crippen LogP) is 4.96. The van der Waals surface area contributed by atoms with Gasteiger partial charge in [0.15, 0.2) is 0 Å². The highest BCUT2D eigenvalue weighted by Gasteiger charge is 2.24. The first-order valence-corrected chi connectivity index (χ1v) is 9.44. The van der Waals surface area contributed by atoms with Crippen LogP contribution in [0.4, 0.5) is 5.82 Å². The molecule has 1 N–H and O–H groups in total. The van der Waals surface area contributed by atoms with Gasteiger partial charge in [-0.1, -0.05) is 23.7 Å². The quantitative estimate of drug-likeness (QED) is 0.691. The molecule has 4 rings (SSSR count). The summed E-state index contributed by atoms with van der Waals surface area (Å²) in [6, 6.07) is 13.6. The van der Waals surface area contributed by atoms with Gasteiger partial charge in [-0.15, -0.1) is 0 Å². The molecule has 0 unspecified atom stereocenters. The van der Waals surface area contributed by atoms with Gasteiger partial charge in [-0.25, -0.2) is 4.68 Å². The van der Waals surface area contributed by atoms with Gasteiger partial charge in [0.25, 0.3) is 0 Å². The Morgan fingerprint density at radius 1 is 1.07 bits per heavy atom. The number of hydrogen-bond donors (Lipinski definition) is 1. The molecule has 27 heavy (non-hydrogen) atoms. The third kappa shape index (κ3) is 3.23. The minimum atomic E-state index is 0.669. The first kappa shape index (κ1) is 17.7. The van der Waals surface area contributed by atoms with Crippen molar-refractivity contribution >= 4 is 17.4 Å². The lowest BCUT2D eigenvalue weighted by Gasteiger charge is -2.10. The summed E-state index contributed by atoms with van der Waals surface area (Å²) in [5, 5.41) is 9.16. The molecule has 2 aromatic carbocycles. The highest BCUT2D eigenvalue weighted by atomic mass is 35.5. The predicted molar refractivity (Wildman–Crippen MR) is 109 cm³/mol. The molecule has 1 aromatic heterocycles. The number of ether oxygens (including phenoxy) is 2. The molecule has 5 nitrogen and oxygen atoms in total. The molecular formula is C21H22ClN3O2. The molecule has 0 spiro atoms. The van der Waals surface area contributed by atoms with Crippen LogP contribution in [-0.4, -0.2) is 30.5 Å². The number of methoxy groups -OCH3 is 2. The third-order valence-corrected chi connectivity index (χ3v) is 5.19. The summed E-state index contributed by atoms with van der Waals surface area (Å²) >= 11 is 6.47. The van der Waals surface area contributed by atoms with Crippen LogP contribution < -0.4 is 14.8 Å². The van der Waals surface area contributed by atoms with Crippen LogP contribution in [0.1, 0.15) is 18.4 Å². The number of hydrogen-bond acceptors (Lipinski definition) is 4. The number of anilines is 1. The van der Waals surface area contributed by atoms with Gasteiger partial charge in [0.2, 0.25) is 0 Å². The Morgan fingerprint density at radius 2 is 1.93 bits per heavy atom. The first-order valence-electron chi connectivity index (χ1n) is 9.06. The maximum atomic E-state index is 6.47. The molecule has 0 radical (unpaired) electrons. The van der Waals surface area contributed by atoms with Crippen molar-refractivity contribution in [3.63, 3.8) is 0 Å². The monoisotopic (exact) mass is 383 g/mol. The van der Waals surface area contributed by atoms with Crippen LogP contribution in [-0.2, 0) is 6.42 Å². The normalized spacial score (nSPS) is 13.4. The second-order valence-electron chi connectivity index (χ2n) is 6.49. The molecule has 2 heterocycles. The number of aromatic nitrogens is 2. The second-order valence-corrected chi connectivity index (χ2v) is 6.90. The number of fused-ring (bicyclic) bond motifs is 1. The Hall–Kier alpha value is -2.66. The van der Waals surface area contributed by atoms with Gasteiger partial charge in [0.05, 0.1) is 24.9 Å². The molecule has 1 aliphatic heterocycles. The van der Waals surface area contributed by atoms with Crippen LogP contribution >= 0.6 is 11.6 Å². The van der Waals surface area contributed by atoms with E-state index in [-0.39, 0.29) is 0 Å². The van der Waals surface area contributed by atoms with E-state index in [0.717, 1.165) is 60.1 Å². The fraction of sp³-hybridized carbons (Fsp3) is 0.286. The molecule has 0 aliphatic carbocycles. The van der Waals surface area contributed by atoms with Gasteiger partial charge in [-0.3, -0.25) is 0 Å². The zero-order valence-electron chi connectivity index (χ0n) is 15.5. The van der Waals surface area contributed by atoms with Crippen molar-refractivity contribution in [2.75, 3.05) is 26.1 Å². The maximum absolute atomic E-state index is 6.47. The zero-order chi connectivity index (χ0) is 18.8. The van der Waals surface area contributed by atoms with Crippen LogP contribution in [0.2, 0.25) is 5.02 Å². The van der Waals surface area contributed by atoms with Crippen LogP contribution in [0.15, 0.2) is 42.5 Å². The van der Waals surface area contributed by atoms with Gasteiger partial charge >= 0.3 is 0 Å². The van der Waals surface area contributed by atoms with E-state index in [0.29, 0.717) is 5.02 Å². The topological polar surface area (TPSA) is 48.3 Å². The maximum Gasteiger partial charge on any atom is 0.133 e. The molecule has 0 atom stereocenters. The minimum absolute atomic E-state index is 0.669. The molecule has 0 saturated carbocycles. The zero-order valence-corrected chi connectivity index (χ0v) is 16.2. The Kier molecular flexibility index (Phi) is 4.94. The van der Waals surface area contributed by atoms with Crippen LogP contribution in [0.25, 0.3) is 16.9 Å². The van der Waals surface area contributed by atoms with Crippen molar-refractivity contribution in [2.45, 2.75) is 19.3 Å². The van der Waals surface area contributed by atoms with E-state index < -0.39 is 0 Å². The summed E-state index contributed by atoms with van der Waals surface area (Å²) in [4.78, 5) is 0. The van der Waals surface area contributed by atoms with E-state index in [9.17, 15) is 0 Å². The van der Waals surface area contributed by atoms with Crippen LogP contribution in [0, 0.1) is 0 Å². The lowest BCUT2D eigenvalue weighted by atomic mass is 10.0. The third-order valence-electron chi connectivity index (χ3n) is 4.87. The minimum Gasteiger partial charge on any atom is -0.497 e. The standard InChI is InChI=1S/C21H22ClN3O2/c1-26-14-10-11-15(19(13-14)27-2)20-16-7-5-6-12-23-21(16)25(24-20)18-9-4-3-8-17(18)22/h3-4,8-11,13,23H,5-7,12H2,1-2H3. The van der Waals surface area contributed by atoms with E-state index in [4.69, 9.17) is 26.2 Å². The van der Waals surface area contributed by atoms with Crippen LogP contribution in [0.3, 0.4) is 0 Å². The van der Waals surface area contributed by atoms with Crippen molar-refractivity contribution < 1.29 is 9.47 Å². The Bertz CT molecular complexity index is 968. The van der Waals surface area contributed by atoms with E-state index >= 15 is 0 Å². The van der Waals surface area contributed by atoms with E-state index in [1.807, 2.05) is 47.1 Å². The average Bonchev–Trinajstić information content (AvgIpc) is 2.88. The highest BCUT2D eigenvalue weighted by Crippen LogP contribution is 2.40. The second kappa shape index (κ2) is 7.53. The summed E-state index contributed by atoms with van der Waals surface area (Å²) in [5.74, 6) is 2.50. The number of halogens is 1. The fourth-order valence-electron chi connectivity index (χ4n) is 3.51. The van der Waals surface area contributed by atoms with Gasteiger partial charge < -0.3 is 14.8 Å². The lowest BCUT2D eigenvalue weighted by Crippen LogP contribution is -2.07. The lowest BCUT2D eigenvalue weighted by molar-refractivity contribution is 0.395. The average molecular weight is 384 g/mol. The summed E-state index contributed by atoms with van der Waals surface area (Å²) in [7, 11) is 3.32. The number of benzene rings is 2. The molecule has 0 saturated heterocycles. The van der Waals surface area contributed by atoms with Crippen molar-refractivity contribution in [3.8, 4) is 28.4 Å². The molecular weight excluding hydrogens is 362 g/mol. The molecule has 3 aromatic rings. The van der Waals surface area contributed by atoms with Crippen molar-refractivity contribution in [1.82, 2.24) is 9.78 Å². The molecule has 6 heteroatoms. The van der Waals surface area contributed by atoms with E-state index in [1.54, 1.807) is 14.2 Å².